The Bertz CT molecular complexity index is 261. The number of hydrogen-bond acceptors (Lipinski definition) is 3. The van der Waals surface area contributed by atoms with Crippen LogP contribution in [0.5, 0.6) is 0 Å². The molecule has 1 aliphatic rings. The molecule has 2 unspecified atom stereocenters. The zero-order valence-electron chi connectivity index (χ0n) is 13.2. The average molecular weight is 285 g/mol. The van der Waals surface area contributed by atoms with Gasteiger partial charge in [0.15, 0.2) is 5.17 Å². The van der Waals surface area contributed by atoms with Gasteiger partial charge < -0.3 is 5.32 Å². The molecule has 0 amide bonds. The standard InChI is InChI=1S/C16H32N2S/c1-5-9-11-14(10-6-2)18-16-17-12-15(19-16)13(7-3)8-4/h13-15H,5-12H2,1-4H3,(H,17,18). The fourth-order valence-electron chi connectivity index (χ4n) is 2.79. The summed E-state index contributed by atoms with van der Waals surface area (Å²) in [5.74, 6) is 0.827. The lowest BCUT2D eigenvalue weighted by Gasteiger charge is -2.21. The molecule has 1 rings (SSSR count). The molecular weight excluding hydrogens is 252 g/mol. The number of aliphatic imine (C=N–C) groups is 1. The predicted octanol–water partition coefficient (Wildman–Crippen LogP) is 4.84. The molecular formula is C16H32N2S. The maximum Gasteiger partial charge on any atom is 0.157 e. The number of nitrogens with zero attached hydrogens (tertiary/aromatic N) is 1. The highest BCUT2D eigenvalue weighted by Crippen LogP contribution is 2.30. The number of amidine groups is 1. The highest BCUT2D eigenvalue weighted by molar-refractivity contribution is 8.14. The lowest BCUT2D eigenvalue weighted by Crippen LogP contribution is -2.32. The van der Waals surface area contributed by atoms with Gasteiger partial charge in [-0.15, -0.1) is 0 Å². The van der Waals surface area contributed by atoms with E-state index < -0.39 is 0 Å². The minimum atomic E-state index is 0.636. The zero-order chi connectivity index (χ0) is 14.1. The summed E-state index contributed by atoms with van der Waals surface area (Å²) in [6, 6.07) is 0.636. The highest BCUT2D eigenvalue weighted by Gasteiger charge is 2.26. The molecule has 19 heavy (non-hydrogen) atoms. The first-order chi connectivity index (χ1) is 9.24. The smallest absolute Gasteiger partial charge is 0.157 e. The van der Waals surface area contributed by atoms with Crippen LogP contribution in [-0.2, 0) is 0 Å². The van der Waals surface area contributed by atoms with E-state index in [1.54, 1.807) is 0 Å². The fraction of sp³-hybridized carbons (Fsp3) is 0.938. The van der Waals surface area contributed by atoms with Gasteiger partial charge in [-0.05, 0) is 18.8 Å². The zero-order valence-corrected chi connectivity index (χ0v) is 14.1. The van der Waals surface area contributed by atoms with Crippen LogP contribution in [-0.4, -0.2) is 23.0 Å². The quantitative estimate of drug-likeness (QED) is 0.655. The molecule has 0 aromatic carbocycles. The third-order valence-electron chi connectivity index (χ3n) is 4.12. The molecule has 112 valence electrons. The molecule has 0 spiro atoms. The second kappa shape index (κ2) is 9.68. The van der Waals surface area contributed by atoms with Crippen LogP contribution in [0.1, 0.15) is 72.6 Å². The summed E-state index contributed by atoms with van der Waals surface area (Å²) in [6.45, 7) is 10.2. The first-order valence-corrected chi connectivity index (χ1v) is 9.10. The van der Waals surface area contributed by atoms with Crippen molar-refractivity contribution >= 4 is 16.9 Å². The van der Waals surface area contributed by atoms with Crippen molar-refractivity contribution < 1.29 is 0 Å². The largest absolute Gasteiger partial charge is 0.362 e. The Kier molecular flexibility index (Phi) is 8.60. The van der Waals surface area contributed by atoms with Crippen LogP contribution in [0.2, 0.25) is 0 Å². The second-order valence-corrected chi connectivity index (χ2v) is 6.88. The van der Waals surface area contributed by atoms with E-state index in [2.05, 4.69) is 33.0 Å². The molecule has 0 bridgehead atoms. The highest BCUT2D eigenvalue weighted by atomic mass is 32.2. The summed E-state index contributed by atoms with van der Waals surface area (Å²) >= 11 is 1.99. The summed E-state index contributed by atoms with van der Waals surface area (Å²) in [7, 11) is 0. The van der Waals surface area contributed by atoms with E-state index >= 15 is 0 Å². The van der Waals surface area contributed by atoms with Crippen molar-refractivity contribution in [3.63, 3.8) is 0 Å². The predicted molar refractivity (Wildman–Crippen MR) is 89.1 cm³/mol. The van der Waals surface area contributed by atoms with E-state index in [0.29, 0.717) is 11.3 Å². The summed E-state index contributed by atoms with van der Waals surface area (Å²) < 4.78 is 0. The normalized spacial score (nSPS) is 20.7. The minimum absolute atomic E-state index is 0.636. The number of nitrogens with one attached hydrogen (secondary N) is 1. The third kappa shape index (κ3) is 5.76. The molecule has 0 fully saturated rings. The van der Waals surface area contributed by atoms with Crippen LogP contribution in [0, 0.1) is 5.92 Å². The molecule has 0 saturated carbocycles. The summed E-state index contributed by atoms with van der Waals surface area (Å²) in [5.41, 5.74) is 0. The van der Waals surface area contributed by atoms with Crippen LogP contribution >= 0.6 is 11.8 Å². The number of unbranched alkanes of at least 4 members (excludes halogenated alkanes) is 1. The molecule has 2 nitrogen and oxygen atoms in total. The Labute approximate surface area is 124 Å². The number of thioether (sulfide) groups is 1. The summed E-state index contributed by atoms with van der Waals surface area (Å²) in [6.07, 6.45) is 9.00. The summed E-state index contributed by atoms with van der Waals surface area (Å²) in [5, 5.41) is 5.63. The topological polar surface area (TPSA) is 24.4 Å². The molecule has 1 N–H and O–H groups in total. The van der Waals surface area contributed by atoms with E-state index in [1.165, 1.54) is 50.1 Å². The number of hydrogen-bond donors (Lipinski definition) is 1. The molecule has 0 aromatic rings. The second-order valence-electron chi connectivity index (χ2n) is 5.65. The molecule has 1 heterocycles. The van der Waals surface area contributed by atoms with Crippen molar-refractivity contribution in [1.82, 2.24) is 5.32 Å². The van der Waals surface area contributed by atoms with Crippen LogP contribution in [0.25, 0.3) is 0 Å². The van der Waals surface area contributed by atoms with Crippen molar-refractivity contribution in [2.45, 2.75) is 83.9 Å². The van der Waals surface area contributed by atoms with Crippen molar-refractivity contribution in [3.8, 4) is 0 Å². The van der Waals surface area contributed by atoms with Crippen LogP contribution in [0.15, 0.2) is 4.99 Å². The molecule has 0 saturated heterocycles. The number of rotatable bonds is 9. The van der Waals surface area contributed by atoms with E-state index in [-0.39, 0.29) is 0 Å². The molecule has 3 heteroatoms. The first kappa shape index (κ1) is 16.9. The molecule has 1 aliphatic heterocycles. The van der Waals surface area contributed by atoms with Gasteiger partial charge in [-0.3, -0.25) is 4.99 Å². The first-order valence-electron chi connectivity index (χ1n) is 8.22. The van der Waals surface area contributed by atoms with E-state index in [0.717, 1.165) is 12.5 Å². The van der Waals surface area contributed by atoms with E-state index in [1.807, 2.05) is 11.8 Å². The maximum absolute atomic E-state index is 4.73. The Hall–Kier alpha value is -0.180. The SMILES string of the molecule is CCCCC(CCC)NC1=NCC(C(CC)CC)S1. The monoisotopic (exact) mass is 284 g/mol. The van der Waals surface area contributed by atoms with Crippen LogP contribution in [0.4, 0.5) is 0 Å². The van der Waals surface area contributed by atoms with Gasteiger partial charge in [0.2, 0.25) is 0 Å². The van der Waals surface area contributed by atoms with Gasteiger partial charge in [0, 0.05) is 11.3 Å². The average Bonchev–Trinajstić information content (AvgIpc) is 2.86. The van der Waals surface area contributed by atoms with Crippen molar-refractivity contribution in [1.29, 1.82) is 0 Å². The van der Waals surface area contributed by atoms with E-state index in [4.69, 9.17) is 4.99 Å². The van der Waals surface area contributed by atoms with Gasteiger partial charge in [-0.1, -0.05) is 71.6 Å². The van der Waals surface area contributed by atoms with Crippen molar-refractivity contribution in [2.24, 2.45) is 10.9 Å². The summed E-state index contributed by atoms with van der Waals surface area (Å²) in [4.78, 5) is 4.73. The van der Waals surface area contributed by atoms with Gasteiger partial charge in [0.05, 0.1) is 6.54 Å². The van der Waals surface area contributed by atoms with Crippen LogP contribution in [0.3, 0.4) is 0 Å². The maximum atomic E-state index is 4.73. The van der Waals surface area contributed by atoms with Gasteiger partial charge >= 0.3 is 0 Å². The Balaban J connectivity index is 2.39. The Morgan fingerprint density at radius 3 is 2.47 bits per heavy atom. The minimum Gasteiger partial charge on any atom is -0.362 e. The lowest BCUT2D eigenvalue weighted by atomic mass is 9.99. The Morgan fingerprint density at radius 1 is 1.16 bits per heavy atom. The van der Waals surface area contributed by atoms with E-state index in [9.17, 15) is 0 Å². The fourth-order valence-corrected chi connectivity index (χ4v) is 4.19. The van der Waals surface area contributed by atoms with Crippen molar-refractivity contribution in [2.75, 3.05) is 6.54 Å². The van der Waals surface area contributed by atoms with Gasteiger partial charge in [-0.2, -0.15) is 0 Å². The molecule has 0 radical (unpaired) electrons. The van der Waals surface area contributed by atoms with Crippen LogP contribution < -0.4 is 5.32 Å². The Morgan fingerprint density at radius 2 is 1.89 bits per heavy atom. The van der Waals surface area contributed by atoms with Gasteiger partial charge in [-0.25, -0.2) is 0 Å². The molecule has 2 atom stereocenters. The van der Waals surface area contributed by atoms with Crippen molar-refractivity contribution in [3.05, 3.63) is 0 Å². The third-order valence-corrected chi connectivity index (χ3v) is 5.43. The molecule has 0 aliphatic carbocycles. The molecule has 0 aromatic heterocycles. The van der Waals surface area contributed by atoms with Gasteiger partial charge in [0.1, 0.15) is 0 Å². The van der Waals surface area contributed by atoms with Gasteiger partial charge in [0.25, 0.3) is 0 Å². The lowest BCUT2D eigenvalue weighted by molar-refractivity contribution is 0.479.